The molecule has 0 bridgehead atoms. The van der Waals surface area contributed by atoms with Crippen LogP contribution in [0.5, 0.6) is 0 Å². The molecule has 0 amide bonds. The van der Waals surface area contributed by atoms with Crippen molar-refractivity contribution in [2.45, 2.75) is 13.0 Å². The van der Waals surface area contributed by atoms with Gasteiger partial charge in [0.05, 0.1) is 6.10 Å². The lowest BCUT2D eigenvalue weighted by molar-refractivity contribution is 0.111. The van der Waals surface area contributed by atoms with E-state index in [1.165, 1.54) is 12.1 Å². The highest BCUT2D eigenvalue weighted by Crippen LogP contribution is 2.20. The summed E-state index contributed by atoms with van der Waals surface area (Å²) >= 11 is 0. The Kier molecular flexibility index (Phi) is 3.94. The topological polar surface area (TPSA) is 49.3 Å². The highest BCUT2D eigenvalue weighted by Gasteiger charge is 2.13. The van der Waals surface area contributed by atoms with E-state index in [0.717, 1.165) is 0 Å². The van der Waals surface area contributed by atoms with Gasteiger partial charge in [0.15, 0.2) is 0 Å². The van der Waals surface area contributed by atoms with Crippen molar-refractivity contribution >= 4 is 6.29 Å². The quantitative estimate of drug-likeness (QED) is 0.736. The molecular weight excluding hydrogens is 197 g/mol. The Morgan fingerprint density at radius 1 is 1.60 bits per heavy atom. The molecule has 0 radical (unpaired) electrons. The zero-order valence-electron chi connectivity index (χ0n) is 8.75. The predicted octanol–water partition coefficient (Wildman–Crippen LogP) is 1.20. The van der Waals surface area contributed by atoms with E-state index in [0.29, 0.717) is 23.0 Å². The number of nitrogens with one attached hydrogen (secondary N) is 1. The molecule has 2 N–H and O–H groups in total. The van der Waals surface area contributed by atoms with Gasteiger partial charge in [0.1, 0.15) is 12.1 Å². The maximum Gasteiger partial charge on any atom is 0.150 e. The van der Waals surface area contributed by atoms with Gasteiger partial charge in [-0.1, -0.05) is 0 Å². The van der Waals surface area contributed by atoms with Crippen LogP contribution in [0.4, 0.5) is 4.39 Å². The second-order valence-electron chi connectivity index (χ2n) is 3.42. The van der Waals surface area contributed by atoms with Gasteiger partial charge in [-0.3, -0.25) is 4.79 Å². The number of benzene rings is 1. The van der Waals surface area contributed by atoms with Crippen LogP contribution >= 0.6 is 0 Å². The van der Waals surface area contributed by atoms with Gasteiger partial charge in [-0.05, 0) is 37.2 Å². The summed E-state index contributed by atoms with van der Waals surface area (Å²) in [5, 5.41) is 12.4. The van der Waals surface area contributed by atoms with Crippen molar-refractivity contribution in [3.05, 3.63) is 34.6 Å². The monoisotopic (exact) mass is 211 g/mol. The first-order chi connectivity index (χ1) is 7.10. The molecular formula is C11H14FNO2. The Bertz CT molecular complexity index is 366. The van der Waals surface area contributed by atoms with Crippen LogP contribution < -0.4 is 5.32 Å². The first-order valence-electron chi connectivity index (χ1n) is 4.68. The minimum atomic E-state index is -0.870. The molecule has 0 saturated heterocycles. The number of likely N-dealkylation sites (N-methyl/N-ethyl adjacent to an activating group) is 1. The summed E-state index contributed by atoms with van der Waals surface area (Å²) in [6.07, 6.45) is -0.244. The Balaban J connectivity index is 3.15. The fourth-order valence-electron chi connectivity index (χ4n) is 1.41. The van der Waals surface area contributed by atoms with Crippen LogP contribution in [0, 0.1) is 12.7 Å². The van der Waals surface area contributed by atoms with E-state index in [-0.39, 0.29) is 6.54 Å². The van der Waals surface area contributed by atoms with Crippen LogP contribution in [0.1, 0.15) is 27.6 Å². The number of hydrogen-bond donors (Lipinski definition) is 2. The zero-order valence-corrected chi connectivity index (χ0v) is 8.75. The number of aryl methyl sites for hydroxylation is 1. The third-order valence-electron chi connectivity index (χ3n) is 2.25. The minimum Gasteiger partial charge on any atom is -0.387 e. The molecule has 1 rings (SSSR count). The molecule has 0 aliphatic heterocycles. The molecule has 0 aromatic heterocycles. The summed E-state index contributed by atoms with van der Waals surface area (Å²) in [4.78, 5) is 10.7. The molecule has 82 valence electrons. The van der Waals surface area contributed by atoms with Gasteiger partial charge >= 0.3 is 0 Å². The number of aliphatic hydroxyl groups is 1. The highest BCUT2D eigenvalue weighted by molar-refractivity contribution is 5.78. The maximum atomic E-state index is 13.2. The van der Waals surface area contributed by atoms with E-state index in [9.17, 15) is 14.3 Å². The molecule has 1 unspecified atom stereocenters. The molecule has 3 nitrogen and oxygen atoms in total. The van der Waals surface area contributed by atoms with E-state index < -0.39 is 11.9 Å². The Hall–Kier alpha value is -1.26. The van der Waals surface area contributed by atoms with Gasteiger partial charge in [-0.2, -0.15) is 0 Å². The summed E-state index contributed by atoms with van der Waals surface area (Å²) in [7, 11) is 1.67. The number of aldehydes is 1. The molecule has 0 heterocycles. The summed E-state index contributed by atoms with van der Waals surface area (Å²) in [5.74, 6) is -0.411. The van der Waals surface area contributed by atoms with E-state index in [1.807, 2.05) is 0 Å². The number of carbonyl (C=O) groups is 1. The predicted molar refractivity (Wildman–Crippen MR) is 55.4 cm³/mol. The van der Waals surface area contributed by atoms with Gasteiger partial charge in [0, 0.05) is 12.1 Å². The average Bonchev–Trinajstić information content (AvgIpc) is 2.21. The lowest BCUT2D eigenvalue weighted by Crippen LogP contribution is -2.18. The van der Waals surface area contributed by atoms with Crippen molar-refractivity contribution in [1.29, 1.82) is 0 Å². The van der Waals surface area contributed by atoms with E-state index in [1.54, 1.807) is 14.0 Å². The lowest BCUT2D eigenvalue weighted by atomic mass is 10.0. The Morgan fingerprint density at radius 2 is 2.27 bits per heavy atom. The van der Waals surface area contributed by atoms with Crippen molar-refractivity contribution in [2.75, 3.05) is 13.6 Å². The third kappa shape index (κ3) is 2.61. The van der Waals surface area contributed by atoms with E-state index >= 15 is 0 Å². The normalized spacial score (nSPS) is 12.5. The average molecular weight is 211 g/mol. The first-order valence-corrected chi connectivity index (χ1v) is 4.68. The van der Waals surface area contributed by atoms with Crippen molar-refractivity contribution < 1.29 is 14.3 Å². The van der Waals surface area contributed by atoms with E-state index in [4.69, 9.17) is 0 Å². The lowest BCUT2D eigenvalue weighted by Gasteiger charge is -2.13. The second kappa shape index (κ2) is 5.00. The molecule has 0 fully saturated rings. The molecule has 1 aromatic carbocycles. The fourth-order valence-corrected chi connectivity index (χ4v) is 1.41. The van der Waals surface area contributed by atoms with Gasteiger partial charge in [0.2, 0.25) is 0 Å². The van der Waals surface area contributed by atoms with Gasteiger partial charge < -0.3 is 10.4 Å². The van der Waals surface area contributed by atoms with Crippen molar-refractivity contribution in [3.63, 3.8) is 0 Å². The van der Waals surface area contributed by atoms with E-state index in [2.05, 4.69) is 5.32 Å². The van der Waals surface area contributed by atoms with Crippen molar-refractivity contribution in [3.8, 4) is 0 Å². The molecule has 1 aromatic rings. The summed E-state index contributed by atoms with van der Waals surface area (Å²) < 4.78 is 13.2. The smallest absolute Gasteiger partial charge is 0.150 e. The first kappa shape index (κ1) is 11.8. The zero-order chi connectivity index (χ0) is 11.4. The van der Waals surface area contributed by atoms with Gasteiger partial charge in [-0.15, -0.1) is 0 Å². The maximum absolute atomic E-state index is 13.2. The van der Waals surface area contributed by atoms with Gasteiger partial charge in [-0.25, -0.2) is 4.39 Å². The summed E-state index contributed by atoms with van der Waals surface area (Å²) in [5.41, 5.74) is 1.05. The number of rotatable bonds is 4. The number of aliphatic hydroxyl groups excluding tert-OH is 1. The molecule has 0 spiro atoms. The SMILES string of the molecule is CNCC(O)c1cc(F)c(C)cc1C=O. The number of halogens is 1. The van der Waals surface area contributed by atoms with Crippen LogP contribution in [0.3, 0.4) is 0 Å². The fraction of sp³-hybridized carbons (Fsp3) is 0.364. The molecule has 0 aliphatic rings. The standard InChI is InChI=1S/C11H14FNO2/c1-7-3-8(6-14)9(4-10(7)12)11(15)5-13-2/h3-4,6,11,13,15H,5H2,1-2H3. The van der Waals surface area contributed by atoms with Crippen LogP contribution in [0.25, 0.3) is 0 Å². The molecule has 0 aliphatic carbocycles. The van der Waals surface area contributed by atoms with Crippen LogP contribution in [0.15, 0.2) is 12.1 Å². The molecule has 0 saturated carbocycles. The van der Waals surface area contributed by atoms with Gasteiger partial charge in [0.25, 0.3) is 0 Å². The molecule has 1 atom stereocenters. The summed E-state index contributed by atoms with van der Waals surface area (Å²) in [6, 6.07) is 2.65. The van der Waals surface area contributed by atoms with Crippen molar-refractivity contribution in [2.24, 2.45) is 0 Å². The summed E-state index contributed by atoms with van der Waals surface area (Å²) in [6.45, 7) is 1.86. The van der Waals surface area contributed by atoms with Crippen LogP contribution in [-0.4, -0.2) is 25.0 Å². The highest BCUT2D eigenvalue weighted by atomic mass is 19.1. The minimum absolute atomic E-state index is 0.281. The van der Waals surface area contributed by atoms with Crippen molar-refractivity contribution in [1.82, 2.24) is 5.32 Å². The third-order valence-corrected chi connectivity index (χ3v) is 2.25. The Labute approximate surface area is 87.9 Å². The Morgan fingerprint density at radius 3 is 2.80 bits per heavy atom. The van der Waals surface area contributed by atoms with Crippen LogP contribution in [0.2, 0.25) is 0 Å². The molecule has 4 heteroatoms. The largest absolute Gasteiger partial charge is 0.387 e. The number of hydrogen-bond acceptors (Lipinski definition) is 3. The molecule has 15 heavy (non-hydrogen) atoms. The second-order valence-corrected chi connectivity index (χ2v) is 3.42. The number of carbonyl (C=O) groups excluding carboxylic acids is 1. The van der Waals surface area contributed by atoms with Crippen LogP contribution in [-0.2, 0) is 0 Å².